The van der Waals surface area contributed by atoms with Crippen LogP contribution < -0.4 is 9.47 Å². The van der Waals surface area contributed by atoms with Crippen LogP contribution in [0.1, 0.15) is 6.42 Å². The molecule has 6 heteroatoms. The first-order valence-corrected chi connectivity index (χ1v) is 9.36. The van der Waals surface area contributed by atoms with Gasteiger partial charge in [-0.1, -0.05) is 30.3 Å². The van der Waals surface area contributed by atoms with Crippen LogP contribution in [0.15, 0.2) is 66.7 Å². The maximum absolute atomic E-state index is 13.5. The molecule has 0 atom stereocenters. The quantitative estimate of drug-likeness (QED) is 0.434. The summed E-state index contributed by atoms with van der Waals surface area (Å²) in [7, 11) is 0. The normalized spacial score (nSPS) is 11.1. The highest BCUT2D eigenvalue weighted by Gasteiger charge is 2.13. The maximum atomic E-state index is 13.5. The van der Waals surface area contributed by atoms with Gasteiger partial charge in [-0.15, -0.1) is 0 Å². The SMILES string of the molecule is O=C(O)Cn1c2ccccc2c2ccc(OCCCOc3ccccc3F)cc21. The number of benzene rings is 3. The molecule has 0 bridgehead atoms. The standard InChI is InChI=1S/C23H20FNO4/c24-19-7-2-4-9-22(19)29-13-5-12-28-16-10-11-18-17-6-1-3-8-20(17)25(15-23(26)27)21(18)14-16/h1-4,6-11,14H,5,12-13,15H2,(H,26,27). The molecular formula is C23H20FNO4. The number of nitrogens with zero attached hydrogens (tertiary/aromatic N) is 1. The number of carbonyl (C=O) groups is 1. The Morgan fingerprint density at radius 3 is 2.45 bits per heavy atom. The van der Waals surface area contributed by atoms with E-state index >= 15 is 0 Å². The summed E-state index contributed by atoms with van der Waals surface area (Å²) in [6.45, 7) is 0.617. The molecule has 0 radical (unpaired) electrons. The van der Waals surface area contributed by atoms with Crippen LogP contribution in [-0.4, -0.2) is 28.9 Å². The van der Waals surface area contributed by atoms with E-state index in [1.807, 2.05) is 42.5 Å². The summed E-state index contributed by atoms with van der Waals surface area (Å²) >= 11 is 0. The van der Waals surface area contributed by atoms with Crippen LogP contribution in [-0.2, 0) is 11.3 Å². The fraction of sp³-hybridized carbons (Fsp3) is 0.174. The van der Waals surface area contributed by atoms with Gasteiger partial charge in [0.2, 0.25) is 0 Å². The number of fused-ring (bicyclic) bond motifs is 3. The molecule has 29 heavy (non-hydrogen) atoms. The van der Waals surface area contributed by atoms with Gasteiger partial charge in [-0.25, -0.2) is 4.39 Å². The van der Waals surface area contributed by atoms with E-state index in [2.05, 4.69) is 0 Å². The van der Waals surface area contributed by atoms with Gasteiger partial charge in [-0.3, -0.25) is 4.79 Å². The molecule has 0 spiro atoms. The van der Waals surface area contributed by atoms with Crippen molar-refractivity contribution < 1.29 is 23.8 Å². The lowest BCUT2D eigenvalue weighted by Gasteiger charge is -2.09. The first-order chi connectivity index (χ1) is 14.1. The van der Waals surface area contributed by atoms with Crippen LogP contribution in [0.2, 0.25) is 0 Å². The smallest absolute Gasteiger partial charge is 0.323 e. The summed E-state index contributed by atoms with van der Waals surface area (Å²) in [4.78, 5) is 11.3. The lowest BCUT2D eigenvalue weighted by atomic mass is 10.1. The predicted octanol–water partition coefficient (Wildman–Crippen LogP) is 4.87. The molecule has 5 nitrogen and oxygen atoms in total. The largest absolute Gasteiger partial charge is 0.493 e. The molecule has 1 heterocycles. The number of aliphatic carboxylic acids is 1. The lowest BCUT2D eigenvalue weighted by molar-refractivity contribution is -0.137. The Morgan fingerprint density at radius 2 is 1.62 bits per heavy atom. The van der Waals surface area contributed by atoms with Gasteiger partial charge in [-0.05, 0) is 30.3 Å². The maximum Gasteiger partial charge on any atom is 0.323 e. The molecule has 4 aromatic rings. The Balaban J connectivity index is 1.46. The number of carboxylic acid groups (broad SMARTS) is 1. The van der Waals surface area contributed by atoms with Crippen molar-refractivity contribution in [2.45, 2.75) is 13.0 Å². The van der Waals surface area contributed by atoms with E-state index in [-0.39, 0.29) is 18.1 Å². The number of aromatic nitrogens is 1. The molecule has 0 fully saturated rings. The fourth-order valence-corrected chi connectivity index (χ4v) is 3.42. The number of carboxylic acids is 1. The number of ether oxygens (including phenoxy) is 2. The molecular weight excluding hydrogens is 373 g/mol. The molecule has 0 saturated heterocycles. The predicted molar refractivity (Wildman–Crippen MR) is 109 cm³/mol. The second-order valence-corrected chi connectivity index (χ2v) is 6.66. The molecule has 0 aliphatic heterocycles. The monoisotopic (exact) mass is 393 g/mol. The van der Waals surface area contributed by atoms with E-state index in [1.165, 1.54) is 6.07 Å². The summed E-state index contributed by atoms with van der Waals surface area (Å²) in [6, 6.07) is 19.7. The Kier molecular flexibility index (Phi) is 5.33. The van der Waals surface area contributed by atoms with E-state index in [1.54, 1.807) is 22.8 Å². The highest BCUT2D eigenvalue weighted by atomic mass is 19.1. The van der Waals surface area contributed by atoms with Crippen LogP contribution in [0.3, 0.4) is 0 Å². The molecule has 0 amide bonds. The Labute approximate surface area is 166 Å². The Bertz CT molecular complexity index is 1170. The van der Waals surface area contributed by atoms with E-state index in [0.29, 0.717) is 25.4 Å². The average Bonchev–Trinajstić information content (AvgIpc) is 3.02. The van der Waals surface area contributed by atoms with Crippen molar-refractivity contribution in [3.63, 3.8) is 0 Å². The minimum Gasteiger partial charge on any atom is -0.493 e. The van der Waals surface area contributed by atoms with E-state index in [0.717, 1.165) is 21.8 Å². The first-order valence-electron chi connectivity index (χ1n) is 9.36. The van der Waals surface area contributed by atoms with Crippen LogP contribution in [0, 0.1) is 5.82 Å². The van der Waals surface area contributed by atoms with E-state index in [9.17, 15) is 14.3 Å². The third-order valence-corrected chi connectivity index (χ3v) is 4.69. The van der Waals surface area contributed by atoms with Gasteiger partial charge >= 0.3 is 5.97 Å². The van der Waals surface area contributed by atoms with Gasteiger partial charge in [-0.2, -0.15) is 0 Å². The van der Waals surface area contributed by atoms with Crippen molar-refractivity contribution in [1.29, 1.82) is 0 Å². The summed E-state index contributed by atoms with van der Waals surface area (Å²) in [5.74, 6) is -0.403. The molecule has 4 rings (SSSR count). The number of rotatable bonds is 8. The molecule has 0 unspecified atom stereocenters. The summed E-state index contributed by atoms with van der Waals surface area (Å²) in [5, 5.41) is 11.3. The van der Waals surface area contributed by atoms with E-state index < -0.39 is 5.97 Å². The molecule has 3 aromatic carbocycles. The highest BCUT2D eigenvalue weighted by Crippen LogP contribution is 2.31. The minimum atomic E-state index is -0.899. The first kappa shape index (κ1) is 18.8. The molecule has 148 valence electrons. The Hall–Kier alpha value is -3.54. The zero-order chi connectivity index (χ0) is 20.2. The second kappa shape index (κ2) is 8.22. The van der Waals surface area contributed by atoms with Crippen LogP contribution in [0.25, 0.3) is 21.8 Å². The van der Waals surface area contributed by atoms with Gasteiger partial charge < -0.3 is 19.1 Å². The average molecular weight is 393 g/mol. The third kappa shape index (κ3) is 4.01. The summed E-state index contributed by atoms with van der Waals surface area (Å²) in [6.07, 6.45) is 0.588. The lowest BCUT2D eigenvalue weighted by Crippen LogP contribution is -2.08. The minimum absolute atomic E-state index is 0.121. The van der Waals surface area contributed by atoms with Crippen LogP contribution in [0.4, 0.5) is 4.39 Å². The van der Waals surface area contributed by atoms with E-state index in [4.69, 9.17) is 9.47 Å². The van der Waals surface area contributed by atoms with Crippen molar-refractivity contribution in [1.82, 2.24) is 4.57 Å². The van der Waals surface area contributed by atoms with Gasteiger partial charge in [0.25, 0.3) is 0 Å². The summed E-state index contributed by atoms with van der Waals surface area (Å²) < 4.78 is 26.5. The van der Waals surface area contributed by atoms with Crippen molar-refractivity contribution in [3.8, 4) is 11.5 Å². The van der Waals surface area contributed by atoms with Crippen molar-refractivity contribution >= 4 is 27.8 Å². The number of hydrogen-bond acceptors (Lipinski definition) is 3. The van der Waals surface area contributed by atoms with Crippen molar-refractivity contribution in [3.05, 3.63) is 72.5 Å². The van der Waals surface area contributed by atoms with Crippen LogP contribution >= 0.6 is 0 Å². The Morgan fingerprint density at radius 1 is 0.897 bits per heavy atom. The number of hydrogen-bond donors (Lipinski definition) is 1. The van der Waals surface area contributed by atoms with Crippen molar-refractivity contribution in [2.24, 2.45) is 0 Å². The molecule has 0 saturated carbocycles. The number of para-hydroxylation sites is 2. The second-order valence-electron chi connectivity index (χ2n) is 6.66. The third-order valence-electron chi connectivity index (χ3n) is 4.69. The van der Waals surface area contributed by atoms with Crippen LogP contribution in [0.5, 0.6) is 11.5 Å². The van der Waals surface area contributed by atoms with Gasteiger partial charge in [0.15, 0.2) is 11.6 Å². The molecule has 1 N–H and O–H groups in total. The van der Waals surface area contributed by atoms with Gasteiger partial charge in [0.1, 0.15) is 12.3 Å². The zero-order valence-electron chi connectivity index (χ0n) is 15.7. The molecule has 1 aromatic heterocycles. The summed E-state index contributed by atoms with van der Waals surface area (Å²) in [5.41, 5.74) is 1.69. The number of halogens is 1. The zero-order valence-corrected chi connectivity index (χ0v) is 15.7. The highest BCUT2D eigenvalue weighted by molar-refractivity contribution is 6.08. The fourth-order valence-electron chi connectivity index (χ4n) is 3.42. The van der Waals surface area contributed by atoms with Gasteiger partial charge in [0.05, 0.1) is 18.7 Å². The topological polar surface area (TPSA) is 60.7 Å². The van der Waals surface area contributed by atoms with Gasteiger partial charge in [0, 0.05) is 28.8 Å². The van der Waals surface area contributed by atoms with Crippen molar-refractivity contribution in [2.75, 3.05) is 13.2 Å². The molecule has 0 aliphatic carbocycles. The molecule has 0 aliphatic rings.